The minimum Gasteiger partial charge on any atom is -0.334 e. The van der Waals surface area contributed by atoms with Crippen LogP contribution in [0.4, 0.5) is 18.0 Å². The fraction of sp³-hybridized carbons (Fsp3) is 0.294. The fourth-order valence-corrected chi connectivity index (χ4v) is 3.99. The Hall–Kier alpha value is -2.95. The molecule has 2 amide bonds. The topological polar surface area (TPSA) is 84.2 Å². The highest BCUT2D eigenvalue weighted by molar-refractivity contribution is 7.15. The molecule has 0 saturated carbocycles. The summed E-state index contributed by atoms with van der Waals surface area (Å²) in [6, 6.07) is 5.22. The van der Waals surface area contributed by atoms with Crippen LogP contribution in [0.2, 0.25) is 0 Å². The van der Waals surface area contributed by atoms with E-state index in [9.17, 15) is 18.0 Å². The molecule has 0 fully saturated rings. The van der Waals surface area contributed by atoms with Crippen LogP contribution in [0.5, 0.6) is 0 Å². The molecule has 1 N–H and O–H groups in total. The molecule has 0 atom stereocenters. The summed E-state index contributed by atoms with van der Waals surface area (Å²) >= 11 is 1.26. The summed E-state index contributed by atoms with van der Waals surface area (Å²) < 4.78 is 42.2. The van der Waals surface area contributed by atoms with Gasteiger partial charge in [0.15, 0.2) is 0 Å². The first-order valence-electron chi connectivity index (χ1n) is 8.34. The second kappa shape index (κ2) is 7.23. The van der Waals surface area contributed by atoms with Crippen molar-refractivity contribution >= 4 is 17.4 Å². The zero-order valence-corrected chi connectivity index (χ0v) is 15.2. The highest BCUT2D eigenvalue weighted by atomic mass is 32.1. The number of urea groups is 1. The number of halogens is 3. The Labute approximate surface area is 161 Å². The number of carbonyl (C=O) groups excluding carboxylic acids is 1. The normalized spacial score (nSPS) is 14.0. The zero-order chi connectivity index (χ0) is 19.7. The monoisotopic (exact) mass is 409 g/mol. The van der Waals surface area contributed by atoms with E-state index in [0.717, 1.165) is 16.0 Å². The van der Waals surface area contributed by atoms with Gasteiger partial charge in [0.2, 0.25) is 5.82 Å². The van der Waals surface area contributed by atoms with Crippen LogP contribution in [-0.4, -0.2) is 32.6 Å². The van der Waals surface area contributed by atoms with Gasteiger partial charge in [-0.1, -0.05) is 11.2 Å². The van der Waals surface area contributed by atoms with Gasteiger partial charge in [0.25, 0.3) is 0 Å². The van der Waals surface area contributed by atoms with Gasteiger partial charge in [0.05, 0.1) is 11.4 Å². The van der Waals surface area contributed by atoms with E-state index in [-0.39, 0.29) is 11.9 Å². The van der Waals surface area contributed by atoms with Gasteiger partial charge in [0, 0.05) is 30.4 Å². The van der Waals surface area contributed by atoms with Crippen LogP contribution in [0.15, 0.2) is 35.1 Å². The molecule has 11 heteroatoms. The number of aromatic nitrogens is 3. The maximum atomic E-state index is 12.6. The van der Waals surface area contributed by atoms with Crippen molar-refractivity contribution in [2.24, 2.45) is 0 Å². The van der Waals surface area contributed by atoms with Crippen molar-refractivity contribution < 1.29 is 22.5 Å². The number of hydrogen-bond donors (Lipinski definition) is 1. The summed E-state index contributed by atoms with van der Waals surface area (Å²) in [5.41, 5.74) is 1.87. The Bertz CT molecular complexity index is 986. The third kappa shape index (κ3) is 3.84. The van der Waals surface area contributed by atoms with Crippen molar-refractivity contribution in [1.82, 2.24) is 25.3 Å². The fourth-order valence-electron chi connectivity index (χ4n) is 2.83. The molecule has 0 bridgehead atoms. The molecule has 28 heavy (non-hydrogen) atoms. The number of amides is 2. The number of carbonyl (C=O) groups is 1. The highest BCUT2D eigenvalue weighted by Gasteiger charge is 2.38. The molecule has 146 valence electrons. The average Bonchev–Trinajstić information content (AvgIpc) is 3.32. The van der Waals surface area contributed by atoms with E-state index in [1.54, 1.807) is 29.4 Å². The van der Waals surface area contributed by atoms with Crippen molar-refractivity contribution in [1.29, 1.82) is 0 Å². The molecule has 0 radical (unpaired) electrons. The van der Waals surface area contributed by atoms with Gasteiger partial charge in [-0.2, -0.15) is 18.2 Å². The summed E-state index contributed by atoms with van der Waals surface area (Å²) in [6.07, 6.45) is -0.727. The quantitative estimate of drug-likeness (QED) is 0.716. The number of nitrogens with zero attached hydrogens (tertiary/aromatic N) is 4. The first-order valence-corrected chi connectivity index (χ1v) is 9.16. The van der Waals surface area contributed by atoms with E-state index in [2.05, 4.69) is 25.0 Å². The number of pyridine rings is 1. The second-order valence-electron chi connectivity index (χ2n) is 6.17. The molecule has 1 aliphatic rings. The molecule has 0 aromatic carbocycles. The molecule has 0 spiro atoms. The molecule has 3 aromatic heterocycles. The van der Waals surface area contributed by atoms with Crippen LogP contribution < -0.4 is 5.32 Å². The smallest absolute Gasteiger partial charge is 0.334 e. The summed E-state index contributed by atoms with van der Waals surface area (Å²) in [4.78, 5) is 22.9. The van der Waals surface area contributed by atoms with Gasteiger partial charge >= 0.3 is 18.1 Å². The Morgan fingerprint density at radius 3 is 2.96 bits per heavy atom. The largest absolute Gasteiger partial charge is 0.471 e. The molecule has 3 aromatic rings. The lowest BCUT2D eigenvalue weighted by Gasteiger charge is -2.27. The van der Waals surface area contributed by atoms with E-state index >= 15 is 0 Å². The molecule has 4 heterocycles. The van der Waals surface area contributed by atoms with Crippen LogP contribution in [0.3, 0.4) is 0 Å². The van der Waals surface area contributed by atoms with Crippen molar-refractivity contribution in [3.8, 4) is 10.7 Å². The standard InChI is InChI=1S/C17H14F3N5O2S/c18-17(19,20)15-23-14(24-27-15)12-6-11-3-5-25(9-13(11)28-12)16(26)22-8-10-2-1-4-21-7-10/h1-2,4,6-7H,3,5,8-9H2,(H,22,26). The summed E-state index contributed by atoms with van der Waals surface area (Å²) in [5.74, 6) is -1.47. The Kier molecular flexibility index (Phi) is 4.75. The van der Waals surface area contributed by atoms with E-state index in [0.29, 0.717) is 30.9 Å². The van der Waals surface area contributed by atoms with Crippen molar-refractivity contribution in [2.75, 3.05) is 6.54 Å². The highest BCUT2D eigenvalue weighted by Crippen LogP contribution is 2.35. The number of rotatable bonds is 3. The van der Waals surface area contributed by atoms with Crippen LogP contribution in [0, 0.1) is 0 Å². The molecule has 0 aliphatic carbocycles. The lowest BCUT2D eigenvalue weighted by molar-refractivity contribution is -0.159. The van der Waals surface area contributed by atoms with E-state index < -0.39 is 12.1 Å². The maximum Gasteiger partial charge on any atom is 0.471 e. The maximum absolute atomic E-state index is 12.6. The number of nitrogens with one attached hydrogen (secondary N) is 1. The number of hydrogen-bond acceptors (Lipinski definition) is 6. The lowest BCUT2D eigenvalue weighted by Crippen LogP contribution is -2.42. The molecule has 7 nitrogen and oxygen atoms in total. The van der Waals surface area contributed by atoms with Gasteiger partial charge < -0.3 is 14.7 Å². The first kappa shape index (κ1) is 18.4. The van der Waals surface area contributed by atoms with Crippen LogP contribution >= 0.6 is 11.3 Å². The molecule has 0 unspecified atom stereocenters. The third-order valence-electron chi connectivity index (χ3n) is 4.22. The van der Waals surface area contributed by atoms with Crippen LogP contribution in [0.25, 0.3) is 10.7 Å². The van der Waals surface area contributed by atoms with Gasteiger partial charge in [-0.15, -0.1) is 11.3 Å². The summed E-state index contributed by atoms with van der Waals surface area (Å²) in [5, 5.41) is 6.26. The Balaban J connectivity index is 1.43. The zero-order valence-electron chi connectivity index (χ0n) is 14.4. The van der Waals surface area contributed by atoms with Gasteiger partial charge in [-0.05, 0) is 29.7 Å². The third-order valence-corrected chi connectivity index (χ3v) is 5.38. The molecule has 4 rings (SSSR count). The minimum atomic E-state index is -4.68. The van der Waals surface area contributed by atoms with E-state index in [1.165, 1.54) is 11.3 Å². The summed E-state index contributed by atoms with van der Waals surface area (Å²) in [7, 11) is 0. The molecule has 0 saturated heterocycles. The molecule has 1 aliphatic heterocycles. The predicted molar refractivity (Wildman–Crippen MR) is 93.2 cm³/mol. The van der Waals surface area contributed by atoms with Gasteiger partial charge in [-0.3, -0.25) is 4.98 Å². The number of alkyl halides is 3. The van der Waals surface area contributed by atoms with E-state index in [1.807, 2.05) is 6.07 Å². The first-order chi connectivity index (χ1) is 13.4. The Morgan fingerprint density at radius 2 is 2.25 bits per heavy atom. The van der Waals surface area contributed by atoms with Gasteiger partial charge in [0.1, 0.15) is 0 Å². The lowest BCUT2D eigenvalue weighted by atomic mass is 10.1. The number of thiophene rings is 1. The van der Waals surface area contributed by atoms with Crippen LogP contribution in [-0.2, 0) is 25.7 Å². The minimum absolute atomic E-state index is 0.0979. The van der Waals surface area contributed by atoms with Crippen molar-refractivity contribution in [3.05, 3.63) is 52.5 Å². The van der Waals surface area contributed by atoms with Crippen molar-refractivity contribution in [2.45, 2.75) is 25.7 Å². The molecular formula is C17H14F3N5O2S. The SMILES string of the molecule is O=C(NCc1cccnc1)N1CCc2cc(-c3noc(C(F)(F)F)n3)sc2C1. The molecular weight excluding hydrogens is 395 g/mol. The summed E-state index contributed by atoms with van der Waals surface area (Å²) in [6.45, 7) is 1.26. The average molecular weight is 409 g/mol. The van der Waals surface area contributed by atoms with E-state index in [4.69, 9.17) is 0 Å². The van der Waals surface area contributed by atoms with Crippen molar-refractivity contribution in [3.63, 3.8) is 0 Å². The van der Waals surface area contributed by atoms with Gasteiger partial charge in [-0.25, -0.2) is 4.79 Å². The predicted octanol–water partition coefficient (Wildman–Crippen LogP) is 3.48. The Morgan fingerprint density at radius 1 is 1.39 bits per heavy atom. The number of fused-ring (bicyclic) bond motifs is 1. The van der Waals surface area contributed by atoms with Crippen LogP contribution in [0.1, 0.15) is 21.9 Å². The second-order valence-corrected chi connectivity index (χ2v) is 7.31.